The molecule has 17 heavy (non-hydrogen) atoms. The van der Waals surface area contributed by atoms with E-state index in [-0.39, 0.29) is 0 Å². The molecule has 0 aromatic carbocycles. The number of alkyl halides is 6. The van der Waals surface area contributed by atoms with Gasteiger partial charge in [0, 0.05) is 11.8 Å². The third-order valence-corrected chi connectivity index (χ3v) is 1.92. The molecule has 0 atom stereocenters. The third kappa shape index (κ3) is 2.87. The first kappa shape index (κ1) is 13.8. The molecule has 0 aliphatic rings. The minimum atomic E-state index is -5.38. The Labute approximate surface area is 95.2 Å². The number of halogens is 7. The number of rotatable bonds is 1. The minimum Gasteiger partial charge on any atom is -0.276 e. The molecule has 94 valence electrons. The maximum absolute atomic E-state index is 12.4. The van der Waals surface area contributed by atoms with Crippen LogP contribution < -0.4 is 0 Å². The maximum atomic E-state index is 12.4. The SMILES string of the molecule is O=C(Cl)c1ccnc(C(F)(F)F)c1C(F)(F)F. The Balaban J connectivity index is 3.64. The van der Waals surface area contributed by atoms with Crippen molar-refractivity contribution in [2.45, 2.75) is 12.4 Å². The van der Waals surface area contributed by atoms with Crippen molar-refractivity contribution in [2.24, 2.45) is 0 Å². The van der Waals surface area contributed by atoms with E-state index in [1.165, 1.54) is 0 Å². The average molecular weight is 278 g/mol. The predicted octanol–water partition coefficient (Wildman–Crippen LogP) is 3.50. The first-order chi connectivity index (χ1) is 7.55. The number of nitrogens with zero attached hydrogens (tertiary/aromatic N) is 1. The smallest absolute Gasteiger partial charge is 0.276 e. The highest BCUT2D eigenvalue weighted by Crippen LogP contribution is 2.41. The molecular weight excluding hydrogens is 276 g/mol. The zero-order valence-corrected chi connectivity index (χ0v) is 8.41. The van der Waals surface area contributed by atoms with Gasteiger partial charge in [0.05, 0.1) is 5.56 Å². The van der Waals surface area contributed by atoms with Gasteiger partial charge in [0.15, 0.2) is 5.69 Å². The fourth-order valence-electron chi connectivity index (χ4n) is 1.13. The van der Waals surface area contributed by atoms with Crippen LogP contribution in [0.3, 0.4) is 0 Å². The summed E-state index contributed by atoms with van der Waals surface area (Å²) in [5, 5.41) is -1.63. The summed E-state index contributed by atoms with van der Waals surface area (Å²) >= 11 is 4.80. The summed E-state index contributed by atoms with van der Waals surface area (Å²) in [5.41, 5.74) is -5.63. The fraction of sp³-hybridized carbons (Fsp3) is 0.250. The van der Waals surface area contributed by atoms with Crippen molar-refractivity contribution in [3.63, 3.8) is 0 Å². The molecule has 0 fully saturated rings. The molecule has 1 aromatic rings. The molecule has 1 aromatic heterocycles. The van der Waals surface area contributed by atoms with Gasteiger partial charge < -0.3 is 0 Å². The van der Waals surface area contributed by atoms with Gasteiger partial charge in [-0.15, -0.1) is 0 Å². The molecule has 1 heterocycles. The van der Waals surface area contributed by atoms with Gasteiger partial charge >= 0.3 is 12.4 Å². The first-order valence-electron chi connectivity index (χ1n) is 3.88. The molecule has 0 amide bonds. The van der Waals surface area contributed by atoms with Crippen LogP contribution in [-0.2, 0) is 12.4 Å². The maximum Gasteiger partial charge on any atom is 0.433 e. The van der Waals surface area contributed by atoms with E-state index in [1.54, 1.807) is 0 Å². The predicted molar refractivity (Wildman–Crippen MR) is 44.4 cm³/mol. The lowest BCUT2D eigenvalue weighted by Gasteiger charge is -2.16. The van der Waals surface area contributed by atoms with Crippen LogP contribution in [-0.4, -0.2) is 10.2 Å². The van der Waals surface area contributed by atoms with Crippen molar-refractivity contribution in [3.8, 4) is 0 Å². The zero-order chi connectivity index (χ0) is 13.4. The Morgan fingerprint density at radius 3 is 2.00 bits per heavy atom. The largest absolute Gasteiger partial charge is 0.433 e. The van der Waals surface area contributed by atoms with Crippen molar-refractivity contribution in [2.75, 3.05) is 0 Å². The van der Waals surface area contributed by atoms with E-state index in [0.29, 0.717) is 12.3 Å². The quantitative estimate of drug-likeness (QED) is 0.581. The molecule has 0 saturated heterocycles. The molecule has 0 bridgehead atoms. The number of aromatic nitrogens is 1. The first-order valence-corrected chi connectivity index (χ1v) is 4.26. The molecular formula is C8H2ClF6NO. The number of pyridine rings is 1. The Hall–Kier alpha value is -1.31. The van der Waals surface area contributed by atoms with Gasteiger partial charge in [-0.2, -0.15) is 26.3 Å². The Morgan fingerprint density at radius 1 is 1.12 bits per heavy atom. The van der Waals surface area contributed by atoms with Crippen LogP contribution in [0.5, 0.6) is 0 Å². The summed E-state index contributed by atoms with van der Waals surface area (Å²) in [7, 11) is 0. The molecule has 0 spiro atoms. The van der Waals surface area contributed by atoms with E-state index < -0.39 is 34.4 Å². The molecule has 0 unspecified atom stereocenters. The van der Waals surface area contributed by atoms with E-state index in [2.05, 4.69) is 4.98 Å². The van der Waals surface area contributed by atoms with E-state index in [1.807, 2.05) is 0 Å². The highest BCUT2D eigenvalue weighted by atomic mass is 35.5. The Morgan fingerprint density at radius 2 is 1.65 bits per heavy atom. The molecule has 2 nitrogen and oxygen atoms in total. The highest BCUT2D eigenvalue weighted by Gasteiger charge is 2.47. The Bertz CT molecular complexity index is 452. The van der Waals surface area contributed by atoms with Crippen molar-refractivity contribution in [1.29, 1.82) is 0 Å². The molecule has 0 saturated carbocycles. The number of hydrogen-bond acceptors (Lipinski definition) is 2. The van der Waals surface area contributed by atoms with Gasteiger partial charge in [-0.05, 0) is 17.7 Å². The number of carbonyl (C=O) groups is 1. The molecule has 1 rings (SSSR count). The topological polar surface area (TPSA) is 30.0 Å². The third-order valence-electron chi connectivity index (χ3n) is 1.71. The van der Waals surface area contributed by atoms with Gasteiger partial charge in [-0.3, -0.25) is 9.78 Å². The molecule has 9 heteroatoms. The fourth-order valence-corrected chi connectivity index (χ4v) is 1.28. The van der Waals surface area contributed by atoms with Crippen molar-refractivity contribution in [1.82, 2.24) is 4.98 Å². The summed E-state index contributed by atoms with van der Waals surface area (Å²) in [6.07, 6.45) is -10.3. The van der Waals surface area contributed by atoms with Gasteiger partial charge in [0.1, 0.15) is 0 Å². The minimum absolute atomic E-state index is 0.438. The second-order valence-corrected chi connectivity index (χ2v) is 3.19. The summed E-state index contributed by atoms with van der Waals surface area (Å²) in [5.74, 6) is 0. The van der Waals surface area contributed by atoms with E-state index in [4.69, 9.17) is 11.6 Å². The van der Waals surface area contributed by atoms with Crippen LogP contribution in [0.15, 0.2) is 12.3 Å². The Kier molecular flexibility index (Phi) is 3.37. The molecule has 0 aliphatic heterocycles. The second kappa shape index (κ2) is 4.17. The van der Waals surface area contributed by atoms with Crippen LogP contribution >= 0.6 is 11.6 Å². The lowest BCUT2D eigenvalue weighted by molar-refractivity contribution is -0.164. The summed E-state index contributed by atoms with van der Waals surface area (Å²) < 4.78 is 74.3. The molecule has 0 N–H and O–H groups in total. The molecule has 0 aliphatic carbocycles. The highest BCUT2D eigenvalue weighted by molar-refractivity contribution is 6.67. The number of hydrogen-bond donors (Lipinski definition) is 0. The van der Waals surface area contributed by atoms with Gasteiger partial charge in [0.25, 0.3) is 5.24 Å². The van der Waals surface area contributed by atoms with Gasteiger partial charge in [-0.1, -0.05) is 0 Å². The van der Waals surface area contributed by atoms with Crippen LogP contribution in [0.4, 0.5) is 26.3 Å². The van der Waals surface area contributed by atoms with E-state index >= 15 is 0 Å². The van der Waals surface area contributed by atoms with Crippen LogP contribution in [0.2, 0.25) is 0 Å². The van der Waals surface area contributed by atoms with Gasteiger partial charge in [0.2, 0.25) is 0 Å². The summed E-state index contributed by atoms with van der Waals surface area (Å²) in [6, 6.07) is 0.480. The molecule has 0 radical (unpaired) electrons. The lowest BCUT2D eigenvalue weighted by Crippen LogP contribution is -2.21. The summed E-state index contributed by atoms with van der Waals surface area (Å²) in [4.78, 5) is 13.3. The standard InChI is InChI=1S/C8H2ClF6NO/c9-6(17)3-1-2-16-5(8(13,14)15)4(3)7(10,11)12/h1-2H. The van der Waals surface area contributed by atoms with Crippen molar-refractivity contribution in [3.05, 3.63) is 29.1 Å². The summed E-state index contributed by atoms with van der Waals surface area (Å²) in [6.45, 7) is 0. The second-order valence-electron chi connectivity index (χ2n) is 2.85. The van der Waals surface area contributed by atoms with E-state index in [0.717, 1.165) is 0 Å². The van der Waals surface area contributed by atoms with Crippen LogP contribution in [0, 0.1) is 0 Å². The zero-order valence-electron chi connectivity index (χ0n) is 7.66. The average Bonchev–Trinajstić information content (AvgIpc) is 2.13. The normalized spacial score (nSPS) is 12.6. The number of carbonyl (C=O) groups excluding carboxylic acids is 1. The van der Waals surface area contributed by atoms with Crippen LogP contribution in [0.25, 0.3) is 0 Å². The monoisotopic (exact) mass is 277 g/mol. The van der Waals surface area contributed by atoms with Crippen molar-refractivity contribution >= 4 is 16.8 Å². The van der Waals surface area contributed by atoms with Gasteiger partial charge in [-0.25, -0.2) is 0 Å². The van der Waals surface area contributed by atoms with Crippen molar-refractivity contribution < 1.29 is 31.1 Å². The lowest BCUT2D eigenvalue weighted by atomic mass is 10.1. The van der Waals surface area contributed by atoms with E-state index in [9.17, 15) is 31.1 Å². The van der Waals surface area contributed by atoms with Crippen LogP contribution in [0.1, 0.15) is 21.6 Å².